The second-order valence-corrected chi connectivity index (χ2v) is 9.74. The third-order valence-corrected chi connectivity index (χ3v) is 7.00. The first-order valence-electron chi connectivity index (χ1n) is 13.6. The quantitative estimate of drug-likeness (QED) is 0.255. The number of hydrogen-bond acceptors (Lipinski definition) is 6. The first kappa shape index (κ1) is 28.2. The number of aromatic nitrogens is 3. The minimum Gasteiger partial charge on any atom is -0.338 e. The molecule has 42 heavy (non-hydrogen) atoms. The highest BCUT2D eigenvalue weighted by Crippen LogP contribution is 2.20. The molecule has 0 radical (unpaired) electrons. The van der Waals surface area contributed by atoms with Gasteiger partial charge in [0, 0.05) is 55.2 Å². The fraction of sp³-hybridized carbons (Fsp3) is 0.188. The lowest BCUT2D eigenvalue weighted by atomic mass is 10.1. The second-order valence-electron chi connectivity index (χ2n) is 9.74. The van der Waals surface area contributed by atoms with Gasteiger partial charge in [0.15, 0.2) is 0 Å². The molecule has 2 aromatic heterocycles. The topological polar surface area (TPSA) is 113 Å². The van der Waals surface area contributed by atoms with Crippen molar-refractivity contribution in [3.05, 3.63) is 108 Å². The summed E-state index contributed by atoms with van der Waals surface area (Å²) in [5.74, 6) is -0.425. The SMILES string of the molecule is C=N/C=C\C(=C/C)c1cccc(C(=O)Nc2ccc3nn(CC(=O)N4CCN(C(=O)c5ccccc5)CC4)cc3c2)n1. The molecule has 1 N–H and O–H groups in total. The molecule has 1 saturated heterocycles. The largest absolute Gasteiger partial charge is 0.338 e. The molecule has 0 bridgehead atoms. The maximum atomic E-state index is 13.0. The van der Waals surface area contributed by atoms with E-state index in [4.69, 9.17) is 0 Å². The van der Waals surface area contributed by atoms with Crippen LogP contribution in [0.4, 0.5) is 5.69 Å². The summed E-state index contributed by atoms with van der Waals surface area (Å²) in [5, 5.41) is 8.21. The molecule has 10 heteroatoms. The van der Waals surface area contributed by atoms with Crippen molar-refractivity contribution in [2.75, 3.05) is 31.5 Å². The summed E-state index contributed by atoms with van der Waals surface area (Å²) in [5.41, 5.74) is 3.70. The summed E-state index contributed by atoms with van der Waals surface area (Å²) in [6.45, 7) is 7.33. The van der Waals surface area contributed by atoms with Gasteiger partial charge in [0.25, 0.3) is 11.8 Å². The Bertz CT molecular complexity index is 1680. The first-order chi connectivity index (χ1) is 20.4. The molecule has 212 valence electrons. The van der Waals surface area contributed by atoms with Crippen molar-refractivity contribution in [2.45, 2.75) is 13.5 Å². The van der Waals surface area contributed by atoms with E-state index in [-0.39, 0.29) is 30.0 Å². The molecule has 5 rings (SSSR count). The molecule has 10 nitrogen and oxygen atoms in total. The monoisotopic (exact) mass is 561 g/mol. The summed E-state index contributed by atoms with van der Waals surface area (Å²) in [4.78, 5) is 50.4. The number of amides is 3. The number of allylic oxidation sites excluding steroid dienone is 3. The number of hydrogen-bond donors (Lipinski definition) is 1. The van der Waals surface area contributed by atoms with Crippen LogP contribution in [-0.2, 0) is 11.3 Å². The number of nitrogens with one attached hydrogen (secondary N) is 1. The van der Waals surface area contributed by atoms with Crippen LogP contribution < -0.4 is 5.32 Å². The van der Waals surface area contributed by atoms with Gasteiger partial charge in [-0.05, 0) is 67.8 Å². The van der Waals surface area contributed by atoms with Gasteiger partial charge < -0.3 is 15.1 Å². The molecule has 3 heterocycles. The van der Waals surface area contributed by atoms with E-state index in [0.29, 0.717) is 48.6 Å². The average molecular weight is 562 g/mol. The van der Waals surface area contributed by atoms with E-state index in [1.54, 1.807) is 69.4 Å². The lowest BCUT2D eigenvalue weighted by Crippen LogP contribution is -2.51. The van der Waals surface area contributed by atoms with Crippen LogP contribution in [0.3, 0.4) is 0 Å². The zero-order valence-corrected chi connectivity index (χ0v) is 23.3. The minimum atomic E-state index is -0.343. The van der Waals surface area contributed by atoms with Gasteiger partial charge in [0.05, 0.1) is 11.2 Å². The Balaban J connectivity index is 1.19. The maximum absolute atomic E-state index is 13.0. The molecular formula is C32H31N7O3. The van der Waals surface area contributed by atoms with E-state index in [1.165, 1.54) is 0 Å². The van der Waals surface area contributed by atoms with Crippen molar-refractivity contribution in [2.24, 2.45) is 4.99 Å². The molecule has 1 aliphatic heterocycles. The van der Waals surface area contributed by atoms with Crippen LogP contribution in [0.15, 0.2) is 96.3 Å². The number of benzene rings is 2. The van der Waals surface area contributed by atoms with Gasteiger partial charge in [-0.25, -0.2) is 4.98 Å². The predicted molar refractivity (Wildman–Crippen MR) is 163 cm³/mol. The molecule has 0 atom stereocenters. The number of anilines is 1. The van der Waals surface area contributed by atoms with E-state index < -0.39 is 0 Å². The first-order valence-corrected chi connectivity index (χ1v) is 13.6. The van der Waals surface area contributed by atoms with E-state index in [9.17, 15) is 14.4 Å². The van der Waals surface area contributed by atoms with Crippen molar-refractivity contribution in [1.82, 2.24) is 24.6 Å². The average Bonchev–Trinajstić information content (AvgIpc) is 3.43. The van der Waals surface area contributed by atoms with Crippen molar-refractivity contribution in [1.29, 1.82) is 0 Å². The van der Waals surface area contributed by atoms with Gasteiger partial charge in [-0.15, -0.1) is 0 Å². The van der Waals surface area contributed by atoms with Gasteiger partial charge in [-0.2, -0.15) is 5.10 Å². The van der Waals surface area contributed by atoms with Crippen LogP contribution in [0.2, 0.25) is 0 Å². The van der Waals surface area contributed by atoms with E-state index in [1.807, 2.05) is 43.3 Å². The third kappa shape index (κ3) is 6.49. The number of nitrogens with zero attached hydrogens (tertiary/aromatic N) is 6. The van der Waals surface area contributed by atoms with Crippen LogP contribution in [0.25, 0.3) is 16.5 Å². The lowest BCUT2D eigenvalue weighted by Gasteiger charge is -2.34. The molecule has 0 saturated carbocycles. The van der Waals surface area contributed by atoms with E-state index in [0.717, 1.165) is 11.0 Å². The lowest BCUT2D eigenvalue weighted by molar-refractivity contribution is -0.133. The summed E-state index contributed by atoms with van der Waals surface area (Å²) in [6, 6.07) is 19.8. The Morgan fingerprint density at radius 2 is 1.69 bits per heavy atom. The van der Waals surface area contributed by atoms with Crippen molar-refractivity contribution in [3.63, 3.8) is 0 Å². The number of carbonyl (C=O) groups excluding carboxylic acids is 3. The molecule has 1 aliphatic rings. The standard InChI is InChI=1S/C32H31N7O3/c1-3-23(14-15-33-2)27-10-7-11-29(35-27)31(41)34-26-12-13-28-25(20-26)21-39(36-28)22-30(40)37-16-18-38(19-17-37)32(42)24-8-5-4-6-9-24/h3-15,20-21H,2,16-19,22H2,1H3,(H,34,41)/b15-14-,23-3+. The molecule has 3 amide bonds. The molecule has 0 unspecified atom stereocenters. The summed E-state index contributed by atoms with van der Waals surface area (Å²) >= 11 is 0. The fourth-order valence-electron chi connectivity index (χ4n) is 4.78. The van der Waals surface area contributed by atoms with Gasteiger partial charge in [0.1, 0.15) is 12.2 Å². The van der Waals surface area contributed by atoms with Gasteiger partial charge >= 0.3 is 0 Å². The Morgan fingerprint density at radius 3 is 2.43 bits per heavy atom. The number of carbonyl (C=O) groups is 3. The number of rotatable bonds is 8. The Kier molecular flexibility index (Phi) is 8.62. The van der Waals surface area contributed by atoms with Crippen molar-refractivity contribution < 1.29 is 14.4 Å². The zero-order valence-electron chi connectivity index (χ0n) is 23.3. The fourth-order valence-corrected chi connectivity index (χ4v) is 4.78. The molecular weight excluding hydrogens is 530 g/mol. The molecule has 1 fully saturated rings. The van der Waals surface area contributed by atoms with Crippen LogP contribution in [0.1, 0.15) is 33.5 Å². The zero-order chi connectivity index (χ0) is 29.5. The van der Waals surface area contributed by atoms with Crippen LogP contribution in [0.5, 0.6) is 0 Å². The minimum absolute atomic E-state index is 0.0202. The van der Waals surface area contributed by atoms with Crippen LogP contribution in [0, 0.1) is 0 Å². The molecule has 2 aromatic carbocycles. The van der Waals surface area contributed by atoms with Crippen molar-refractivity contribution >= 4 is 46.6 Å². The maximum Gasteiger partial charge on any atom is 0.274 e. The van der Waals surface area contributed by atoms with Crippen LogP contribution in [-0.4, -0.2) is 75.2 Å². The molecule has 0 spiro atoms. The van der Waals surface area contributed by atoms with E-state index in [2.05, 4.69) is 27.1 Å². The normalized spacial score (nSPS) is 13.9. The van der Waals surface area contributed by atoms with Gasteiger partial charge in [-0.1, -0.05) is 30.3 Å². The highest BCUT2D eigenvalue weighted by Gasteiger charge is 2.25. The summed E-state index contributed by atoms with van der Waals surface area (Å²) in [7, 11) is 0. The van der Waals surface area contributed by atoms with Crippen molar-refractivity contribution in [3.8, 4) is 0 Å². The number of pyridine rings is 1. The Hall–Kier alpha value is -5.38. The van der Waals surface area contributed by atoms with Gasteiger partial charge in [0.2, 0.25) is 5.91 Å². The van der Waals surface area contributed by atoms with E-state index >= 15 is 0 Å². The second kappa shape index (κ2) is 12.9. The third-order valence-electron chi connectivity index (χ3n) is 7.00. The number of piperazine rings is 1. The summed E-state index contributed by atoms with van der Waals surface area (Å²) < 4.78 is 1.61. The van der Waals surface area contributed by atoms with Gasteiger partial charge in [-0.3, -0.25) is 24.1 Å². The summed E-state index contributed by atoms with van der Waals surface area (Å²) in [6.07, 6.45) is 7.02. The predicted octanol–water partition coefficient (Wildman–Crippen LogP) is 4.29. The number of fused-ring (bicyclic) bond motifs is 1. The molecule has 4 aromatic rings. The Morgan fingerprint density at radius 1 is 0.952 bits per heavy atom. The molecule has 0 aliphatic carbocycles. The Labute approximate surface area is 243 Å². The smallest absolute Gasteiger partial charge is 0.274 e. The number of aliphatic imine (C=N–C) groups is 1. The highest BCUT2D eigenvalue weighted by molar-refractivity contribution is 6.04. The van der Waals surface area contributed by atoms with Crippen LogP contribution >= 0.6 is 0 Å². The highest BCUT2D eigenvalue weighted by atomic mass is 16.2.